The van der Waals surface area contributed by atoms with Crippen molar-refractivity contribution in [2.75, 3.05) is 18.4 Å². The summed E-state index contributed by atoms with van der Waals surface area (Å²) in [6.45, 7) is 7.26. The standard InChI is InChI=1S/C24H30ClN3O2/c1-16(2)22(27-24(30)26-21-6-4-5-17(3)15-21)23(29)28-13-11-19(12-14-28)18-7-9-20(25)10-8-18/h4-10,15-16,19,22H,11-14H2,1-3H3,(H2,26,27,30)/t22-/m1/s1. The van der Waals surface area contributed by atoms with E-state index < -0.39 is 6.04 Å². The molecule has 1 heterocycles. The SMILES string of the molecule is Cc1cccc(NC(=O)N[C@@H](C(=O)N2CCC(c3ccc(Cl)cc3)CC2)C(C)C)c1. The lowest BCUT2D eigenvalue weighted by Gasteiger charge is -2.35. The maximum atomic E-state index is 13.1. The highest BCUT2D eigenvalue weighted by Crippen LogP contribution is 2.29. The monoisotopic (exact) mass is 427 g/mol. The van der Waals surface area contributed by atoms with Gasteiger partial charge in [-0.05, 0) is 67.0 Å². The van der Waals surface area contributed by atoms with Gasteiger partial charge in [0.15, 0.2) is 0 Å². The minimum Gasteiger partial charge on any atom is -0.341 e. The number of halogens is 1. The summed E-state index contributed by atoms with van der Waals surface area (Å²) in [6, 6.07) is 14.6. The van der Waals surface area contributed by atoms with Crippen LogP contribution in [-0.4, -0.2) is 36.0 Å². The molecule has 3 amide bonds. The number of piperidine rings is 1. The molecule has 0 aliphatic carbocycles. The summed E-state index contributed by atoms with van der Waals surface area (Å²) >= 11 is 5.99. The first-order valence-electron chi connectivity index (χ1n) is 10.5. The van der Waals surface area contributed by atoms with Gasteiger partial charge in [0.25, 0.3) is 0 Å². The van der Waals surface area contributed by atoms with E-state index in [0.717, 1.165) is 23.4 Å². The molecular formula is C24H30ClN3O2. The van der Waals surface area contributed by atoms with Crippen LogP contribution in [0.2, 0.25) is 5.02 Å². The largest absolute Gasteiger partial charge is 0.341 e. The summed E-state index contributed by atoms with van der Waals surface area (Å²) in [5.41, 5.74) is 3.04. The van der Waals surface area contributed by atoms with E-state index >= 15 is 0 Å². The third-order valence-corrected chi connectivity index (χ3v) is 5.90. The highest BCUT2D eigenvalue weighted by Gasteiger charge is 2.31. The highest BCUT2D eigenvalue weighted by molar-refractivity contribution is 6.30. The fourth-order valence-electron chi connectivity index (χ4n) is 3.91. The van der Waals surface area contributed by atoms with Gasteiger partial charge in [-0.15, -0.1) is 0 Å². The number of carbonyl (C=O) groups excluding carboxylic acids is 2. The van der Waals surface area contributed by atoms with Crippen LogP contribution in [0.5, 0.6) is 0 Å². The summed E-state index contributed by atoms with van der Waals surface area (Å²) in [5.74, 6) is 0.412. The zero-order valence-electron chi connectivity index (χ0n) is 17.8. The molecule has 0 spiro atoms. The molecule has 2 aromatic rings. The fraction of sp³-hybridized carbons (Fsp3) is 0.417. The van der Waals surface area contributed by atoms with E-state index in [1.165, 1.54) is 5.56 Å². The van der Waals surface area contributed by atoms with Crippen molar-refractivity contribution < 1.29 is 9.59 Å². The van der Waals surface area contributed by atoms with Gasteiger partial charge in [0.05, 0.1) is 0 Å². The molecule has 5 nitrogen and oxygen atoms in total. The number of aryl methyl sites for hydroxylation is 1. The van der Waals surface area contributed by atoms with Crippen molar-refractivity contribution in [1.82, 2.24) is 10.2 Å². The maximum Gasteiger partial charge on any atom is 0.319 e. The molecule has 3 rings (SSSR count). The number of hydrogen-bond donors (Lipinski definition) is 2. The zero-order chi connectivity index (χ0) is 21.7. The second-order valence-corrected chi connectivity index (χ2v) is 8.78. The number of nitrogens with one attached hydrogen (secondary N) is 2. The van der Waals surface area contributed by atoms with Gasteiger partial charge in [0, 0.05) is 23.8 Å². The average molecular weight is 428 g/mol. The molecule has 0 unspecified atom stereocenters. The predicted octanol–water partition coefficient (Wildman–Crippen LogP) is 5.20. The lowest BCUT2D eigenvalue weighted by molar-refractivity contribution is -0.135. The Morgan fingerprint density at radius 1 is 1.07 bits per heavy atom. The average Bonchev–Trinajstić information content (AvgIpc) is 2.72. The van der Waals surface area contributed by atoms with Crippen molar-refractivity contribution in [3.63, 3.8) is 0 Å². The van der Waals surface area contributed by atoms with E-state index in [4.69, 9.17) is 11.6 Å². The van der Waals surface area contributed by atoms with E-state index in [2.05, 4.69) is 22.8 Å². The van der Waals surface area contributed by atoms with Gasteiger partial charge in [-0.1, -0.05) is 49.7 Å². The van der Waals surface area contributed by atoms with E-state index in [0.29, 0.717) is 24.7 Å². The molecule has 0 bridgehead atoms. The number of carbonyl (C=O) groups is 2. The summed E-state index contributed by atoms with van der Waals surface area (Å²) in [7, 11) is 0. The number of likely N-dealkylation sites (tertiary alicyclic amines) is 1. The first kappa shape index (κ1) is 22.2. The number of anilines is 1. The van der Waals surface area contributed by atoms with Gasteiger partial charge >= 0.3 is 6.03 Å². The van der Waals surface area contributed by atoms with Crippen molar-refractivity contribution in [2.45, 2.75) is 45.6 Å². The molecule has 1 saturated heterocycles. The molecule has 30 heavy (non-hydrogen) atoms. The Labute approximate surface area is 183 Å². The first-order valence-corrected chi connectivity index (χ1v) is 10.9. The predicted molar refractivity (Wildman–Crippen MR) is 122 cm³/mol. The van der Waals surface area contributed by atoms with Crippen LogP contribution >= 0.6 is 11.6 Å². The summed E-state index contributed by atoms with van der Waals surface area (Å²) in [5, 5.41) is 6.44. The van der Waals surface area contributed by atoms with Gasteiger partial charge in [0.2, 0.25) is 5.91 Å². The van der Waals surface area contributed by atoms with E-state index in [1.54, 1.807) is 0 Å². The number of amides is 3. The van der Waals surface area contributed by atoms with E-state index in [9.17, 15) is 9.59 Å². The number of benzene rings is 2. The first-order chi connectivity index (χ1) is 14.3. The number of urea groups is 1. The zero-order valence-corrected chi connectivity index (χ0v) is 18.6. The molecule has 1 aliphatic heterocycles. The highest BCUT2D eigenvalue weighted by atomic mass is 35.5. The van der Waals surface area contributed by atoms with Crippen molar-refractivity contribution in [2.24, 2.45) is 5.92 Å². The fourth-order valence-corrected chi connectivity index (χ4v) is 4.04. The van der Waals surface area contributed by atoms with Crippen LogP contribution in [0.3, 0.4) is 0 Å². The van der Waals surface area contributed by atoms with Crippen LogP contribution in [0, 0.1) is 12.8 Å². The van der Waals surface area contributed by atoms with Crippen molar-refractivity contribution in [1.29, 1.82) is 0 Å². The van der Waals surface area contributed by atoms with E-state index in [-0.39, 0.29) is 17.9 Å². The van der Waals surface area contributed by atoms with Crippen LogP contribution in [-0.2, 0) is 4.79 Å². The van der Waals surface area contributed by atoms with Crippen LogP contribution in [0.1, 0.15) is 43.7 Å². The number of rotatable bonds is 5. The number of nitrogens with zero attached hydrogens (tertiary/aromatic N) is 1. The van der Waals surface area contributed by atoms with Crippen molar-refractivity contribution >= 4 is 29.2 Å². The molecule has 1 fully saturated rings. The summed E-state index contributed by atoms with van der Waals surface area (Å²) in [6.07, 6.45) is 1.82. The van der Waals surface area contributed by atoms with Crippen LogP contribution in [0.15, 0.2) is 48.5 Å². The topological polar surface area (TPSA) is 61.4 Å². The van der Waals surface area contributed by atoms with Crippen LogP contribution < -0.4 is 10.6 Å². The summed E-state index contributed by atoms with van der Waals surface area (Å²) < 4.78 is 0. The normalized spacial score (nSPS) is 15.7. The molecule has 0 radical (unpaired) electrons. The Bertz CT molecular complexity index is 874. The Balaban J connectivity index is 1.57. The third-order valence-electron chi connectivity index (χ3n) is 5.64. The van der Waals surface area contributed by atoms with Gasteiger partial charge in [-0.25, -0.2) is 4.79 Å². The molecule has 1 aliphatic rings. The second kappa shape index (κ2) is 9.98. The molecule has 1 atom stereocenters. The van der Waals surface area contributed by atoms with Crippen molar-refractivity contribution in [3.8, 4) is 0 Å². The van der Waals surface area contributed by atoms with Crippen molar-refractivity contribution in [3.05, 3.63) is 64.7 Å². The summed E-state index contributed by atoms with van der Waals surface area (Å²) in [4.78, 5) is 27.5. The smallest absolute Gasteiger partial charge is 0.319 e. The lowest BCUT2D eigenvalue weighted by atomic mass is 9.89. The third kappa shape index (κ3) is 5.76. The van der Waals surface area contributed by atoms with Gasteiger partial charge in [0.1, 0.15) is 6.04 Å². The minimum absolute atomic E-state index is 0.00486. The van der Waals surface area contributed by atoms with Gasteiger partial charge in [-0.3, -0.25) is 4.79 Å². The number of hydrogen-bond acceptors (Lipinski definition) is 2. The molecule has 6 heteroatoms. The quantitative estimate of drug-likeness (QED) is 0.688. The Kier molecular flexibility index (Phi) is 7.38. The van der Waals surface area contributed by atoms with Gasteiger partial charge < -0.3 is 15.5 Å². The Morgan fingerprint density at radius 3 is 2.33 bits per heavy atom. The minimum atomic E-state index is -0.554. The molecular weight excluding hydrogens is 398 g/mol. The van der Waals surface area contributed by atoms with Gasteiger partial charge in [-0.2, -0.15) is 0 Å². The molecule has 160 valence electrons. The Hall–Kier alpha value is -2.53. The van der Waals surface area contributed by atoms with E-state index in [1.807, 2.05) is 62.1 Å². The molecule has 2 N–H and O–H groups in total. The van der Waals surface area contributed by atoms with Crippen LogP contribution in [0.4, 0.5) is 10.5 Å². The molecule has 0 aromatic heterocycles. The van der Waals surface area contributed by atoms with Crippen LogP contribution in [0.25, 0.3) is 0 Å². The molecule has 2 aromatic carbocycles. The second-order valence-electron chi connectivity index (χ2n) is 8.34. The maximum absolute atomic E-state index is 13.1. The molecule has 0 saturated carbocycles. The lowest BCUT2D eigenvalue weighted by Crippen LogP contribution is -2.53. The Morgan fingerprint density at radius 2 is 1.73 bits per heavy atom.